The monoisotopic (exact) mass is 296 g/mol. The lowest BCUT2D eigenvalue weighted by Crippen LogP contribution is -2.38. The molecule has 1 aromatic heterocycles. The number of hydrogen-bond donors (Lipinski definition) is 1. The number of nitrogens with zero attached hydrogens (tertiary/aromatic N) is 1. The molecular weight excluding hydrogens is 282 g/mol. The summed E-state index contributed by atoms with van der Waals surface area (Å²) in [5.41, 5.74) is 3.63. The molecule has 0 saturated carbocycles. The van der Waals surface area contributed by atoms with Crippen LogP contribution in [0.25, 0.3) is 0 Å². The maximum atomic E-state index is 12.1. The Kier molecular flexibility index (Phi) is 4.69. The number of aliphatic hydroxyl groups excluding tert-OH is 1. The molecule has 0 radical (unpaired) electrons. The number of carbonyl (C=O) groups is 1. The van der Waals surface area contributed by atoms with Gasteiger partial charge < -0.3 is 5.11 Å². The molecule has 0 aliphatic heterocycles. The molecule has 1 N–H and O–H groups in total. The van der Waals surface area contributed by atoms with Crippen LogP contribution in [0.1, 0.15) is 20.9 Å². The number of carbonyl (C=O) groups excluding carboxylic acids is 1. The first-order valence-electron chi connectivity index (χ1n) is 5.98. The summed E-state index contributed by atoms with van der Waals surface area (Å²) >= 11 is 7.37. The van der Waals surface area contributed by atoms with Crippen molar-refractivity contribution in [2.75, 3.05) is 6.61 Å². The largest absolute Gasteiger partial charge is 0.396 e. The van der Waals surface area contributed by atoms with Crippen molar-refractivity contribution in [1.82, 2.24) is 0 Å². The van der Waals surface area contributed by atoms with Gasteiger partial charge in [0.05, 0.1) is 4.88 Å². The summed E-state index contributed by atoms with van der Waals surface area (Å²) < 4.78 is 1.92. The highest BCUT2D eigenvalue weighted by Gasteiger charge is 2.19. The van der Waals surface area contributed by atoms with Crippen LogP contribution >= 0.6 is 22.9 Å². The Morgan fingerprint density at radius 3 is 2.68 bits per heavy atom. The molecule has 3 nitrogen and oxygen atoms in total. The average molecular weight is 297 g/mol. The zero-order valence-electron chi connectivity index (χ0n) is 10.6. The molecule has 0 spiro atoms. The number of benzene rings is 1. The molecule has 100 valence electrons. The van der Waals surface area contributed by atoms with E-state index in [-0.39, 0.29) is 12.4 Å². The highest BCUT2D eigenvalue weighted by Crippen LogP contribution is 2.13. The third-order valence-corrected chi connectivity index (χ3v) is 4.37. The second kappa shape index (κ2) is 6.28. The Morgan fingerprint density at radius 1 is 1.37 bits per heavy atom. The van der Waals surface area contributed by atoms with Crippen molar-refractivity contribution < 1.29 is 14.5 Å². The molecule has 2 rings (SSSR count). The third-order valence-electron chi connectivity index (χ3n) is 2.98. The predicted molar refractivity (Wildman–Crippen MR) is 75.8 cm³/mol. The molecular formula is C14H15ClNO2S+. The van der Waals surface area contributed by atoms with Gasteiger partial charge in [-0.1, -0.05) is 22.9 Å². The number of aliphatic hydroxyl groups is 1. The standard InChI is InChI=1S/C14H15ClNO2S/c1-10-14(6-7-17)19-9-16(10)8-13(18)11-2-4-12(15)5-3-11/h2-5,9,17H,6-8H2,1H3/q+1. The quantitative estimate of drug-likeness (QED) is 0.680. The molecule has 0 saturated heterocycles. The number of halogens is 1. The van der Waals surface area contributed by atoms with Gasteiger partial charge in [-0.05, 0) is 24.3 Å². The molecule has 0 aliphatic rings. The summed E-state index contributed by atoms with van der Waals surface area (Å²) in [5.74, 6) is 0.0538. The highest BCUT2D eigenvalue weighted by atomic mass is 35.5. The van der Waals surface area contributed by atoms with Crippen LogP contribution in [0.3, 0.4) is 0 Å². The molecule has 0 aliphatic carbocycles. The Hall–Kier alpha value is -1.23. The second-order valence-corrected chi connectivity index (χ2v) is 5.64. The Balaban J connectivity index is 2.12. The maximum absolute atomic E-state index is 12.1. The minimum Gasteiger partial charge on any atom is -0.396 e. The van der Waals surface area contributed by atoms with Gasteiger partial charge in [0.15, 0.2) is 5.69 Å². The normalized spacial score (nSPS) is 10.7. The van der Waals surface area contributed by atoms with E-state index in [0.717, 1.165) is 10.6 Å². The van der Waals surface area contributed by atoms with Crippen molar-refractivity contribution >= 4 is 28.7 Å². The molecule has 0 atom stereocenters. The molecule has 19 heavy (non-hydrogen) atoms. The van der Waals surface area contributed by atoms with Crippen molar-refractivity contribution in [1.29, 1.82) is 0 Å². The Morgan fingerprint density at radius 2 is 2.05 bits per heavy atom. The molecule has 0 amide bonds. The zero-order valence-corrected chi connectivity index (χ0v) is 12.2. The minimum absolute atomic E-state index is 0.0538. The lowest BCUT2D eigenvalue weighted by Gasteiger charge is -1.98. The lowest BCUT2D eigenvalue weighted by molar-refractivity contribution is -0.684. The van der Waals surface area contributed by atoms with E-state index in [9.17, 15) is 4.79 Å². The van der Waals surface area contributed by atoms with Gasteiger partial charge in [0.25, 0.3) is 0 Å². The highest BCUT2D eigenvalue weighted by molar-refractivity contribution is 7.09. The van der Waals surface area contributed by atoms with Crippen LogP contribution in [0.15, 0.2) is 29.8 Å². The van der Waals surface area contributed by atoms with E-state index in [1.54, 1.807) is 35.6 Å². The van der Waals surface area contributed by atoms with Crippen molar-refractivity contribution in [2.45, 2.75) is 19.9 Å². The van der Waals surface area contributed by atoms with E-state index in [4.69, 9.17) is 16.7 Å². The topological polar surface area (TPSA) is 41.2 Å². The summed E-state index contributed by atoms with van der Waals surface area (Å²) in [6.45, 7) is 2.42. The van der Waals surface area contributed by atoms with Crippen molar-refractivity contribution in [3.63, 3.8) is 0 Å². The van der Waals surface area contributed by atoms with Gasteiger partial charge in [-0.15, -0.1) is 0 Å². The Bertz CT molecular complexity index is 578. The first kappa shape index (κ1) is 14.2. The van der Waals surface area contributed by atoms with E-state index in [1.807, 2.05) is 17.0 Å². The van der Waals surface area contributed by atoms with Gasteiger partial charge in [0, 0.05) is 30.5 Å². The van der Waals surface area contributed by atoms with Crippen LogP contribution in [0.4, 0.5) is 0 Å². The third kappa shape index (κ3) is 3.41. The van der Waals surface area contributed by atoms with Crippen LogP contribution < -0.4 is 4.57 Å². The summed E-state index contributed by atoms with van der Waals surface area (Å²) in [6, 6.07) is 6.91. The smallest absolute Gasteiger partial charge is 0.227 e. The summed E-state index contributed by atoms with van der Waals surface area (Å²) in [5, 5.41) is 9.58. The van der Waals surface area contributed by atoms with Gasteiger partial charge in [-0.25, -0.2) is 0 Å². The maximum Gasteiger partial charge on any atom is 0.227 e. The fraction of sp³-hybridized carbons (Fsp3) is 0.286. The first-order valence-corrected chi connectivity index (χ1v) is 7.23. The second-order valence-electron chi connectivity index (χ2n) is 4.26. The number of aromatic nitrogens is 1. The molecule has 2 aromatic rings. The summed E-state index contributed by atoms with van der Waals surface area (Å²) in [6.07, 6.45) is 0.638. The van der Waals surface area contributed by atoms with Crippen LogP contribution in [0.5, 0.6) is 0 Å². The zero-order chi connectivity index (χ0) is 13.8. The van der Waals surface area contributed by atoms with Gasteiger partial charge in [0.1, 0.15) is 0 Å². The van der Waals surface area contributed by atoms with Crippen LogP contribution in [0.2, 0.25) is 5.02 Å². The van der Waals surface area contributed by atoms with Crippen LogP contribution in [-0.4, -0.2) is 17.5 Å². The van der Waals surface area contributed by atoms with E-state index in [1.165, 1.54) is 0 Å². The lowest BCUT2D eigenvalue weighted by atomic mass is 10.1. The van der Waals surface area contributed by atoms with Crippen molar-refractivity contribution in [3.05, 3.63) is 50.9 Å². The number of rotatable bonds is 5. The van der Waals surface area contributed by atoms with Crippen molar-refractivity contribution in [2.24, 2.45) is 0 Å². The number of ketones is 1. The van der Waals surface area contributed by atoms with E-state index < -0.39 is 0 Å². The van der Waals surface area contributed by atoms with Crippen LogP contribution in [-0.2, 0) is 13.0 Å². The van der Waals surface area contributed by atoms with Gasteiger partial charge in [0.2, 0.25) is 17.8 Å². The van der Waals surface area contributed by atoms with E-state index in [0.29, 0.717) is 23.6 Å². The van der Waals surface area contributed by atoms with Gasteiger partial charge in [-0.3, -0.25) is 4.79 Å². The fourth-order valence-electron chi connectivity index (χ4n) is 1.83. The SMILES string of the molecule is Cc1c(CCO)sc[n+]1CC(=O)c1ccc(Cl)cc1. The van der Waals surface area contributed by atoms with Gasteiger partial charge >= 0.3 is 0 Å². The molecule has 0 bridgehead atoms. The minimum atomic E-state index is 0.0538. The van der Waals surface area contributed by atoms with Gasteiger partial charge in [-0.2, -0.15) is 4.57 Å². The number of Topliss-reactive ketones (excluding diaryl/α,β-unsaturated/α-hetero) is 1. The predicted octanol–water partition coefficient (Wildman–Crippen LogP) is 2.42. The average Bonchev–Trinajstić information content (AvgIpc) is 2.73. The summed E-state index contributed by atoms with van der Waals surface area (Å²) in [4.78, 5) is 13.3. The summed E-state index contributed by atoms with van der Waals surface area (Å²) in [7, 11) is 0. The first-order chi connectivity index (χ1) is 9.11. The molecule has 0 unspecified atom stereocenters. The molecule has 5 heteroatoms. The van der Waals surface area contributed by atoms with Crippen molar-refractivity contribution in [3.8, 4) is 0 Å². The number of thiazole rings is 1. The Labute approximate surface area is 121 Å². The van der Waals surface area contributed by atoms with Crippen LogP contribution in [0, 0.1) is 6.92 Å². The van der Waals surface area contributed by atoms with E-state index in [2.05, 4.69) is 0 Å². The molecule has 1 aromatic carbocycles. The fourth-order valence-corrected chi connectivity index (χ4v) is 2.94. The molecule has 1 heterocycles. The molecule has 0 fully saturated rings. The number of hydrogen-bond acceptors (Lipinski definition) is 3. The van der Waals surface area contributed by atoms with E-state index >= 15 is 0 Å².